The van der Waals surface area contributed by atoms with Gasteiger partial charge in [0.15, 0.2) is 0 Å². The Bertz CT molecular complexity index is 460. The molecule has 0 heterocycles. The highest BCUT2D eigenvalue weighted by atomic mass is 19.1. The van der Waals surface area contributed by atoms with Gasteiger partial charge in [-0.1, -0.05) is 13.8 Å². The van der Waals surface area contributed by atoms with Gasteiger partial charge in [0.1, 0.15) is 5.82 Å². The zero-order chi connectivity index (χ0) is 15.1. The van der Waals surface area contributed by atoms with Gasteiger partial charge >= 0.3 is 0 Å². The summed E-state index contributed by atoms with van der Waals surface area (Å²) in [5.74, 6) is -0.885. The van der Waals surface area contributed by atoms with Crippen LogP contribution < -0.4 is 16.4 Å². The Morgan fingerprint density at radius 3 is 2.25 bits per heavy atom. The number of rotatable bonds is 6. The second kappa shape index (κ2) is 7.59. The first kappa shape index (κ1) is 16.1. The van der Waals surface area contributed by atoms with E-state index in [0.717, 1.165) is 0 Å². The predicted octanol–water partition coefficient (Wildman–Crippen LogP) is 0.655. The summed E-state index contributed by atoms with van der Waals surface area (Å²) in [7, 11) is 0. The van der Waals surface area contributed by atoms with Gasteiger partial charge in [0, 0.05) is 18.7 Å². The van der Waals surface area contributed by atoms with Crippen LogP contribution >= 0.6 is 0 Å². The van der Waals surface area contributed by atoms with Crippen LogP contribution in [0.5, 0.6) is 0 Å². The Hall–Kier alpha value is -1.95. The first-order chi connectivity index (χ1) is 9.41. The zero-order valence-corrected chi connectivity index (χ0v) is 11.7. The van der Waals surface area contributed by atoms with E-state index in [1.165, 1.54) is 24.3 Å². The van der Waals surface area contributed by atoms with E-state index in [4.69, 9.17) is 5.73 Å². The molecule has 0 aliphatic heterocycles. The first-order valence-corrected chi connectivity index (χ1v) is 6.49. The van der Waals surface area contributed by atoms with Gasteiger partial charge in [-0.2, -0.15) is 0 Å². The van der Waals surface area contributed by atoms with Crippen LogP contribution in [0.4, 0.5) is 4.39 Å². The summed E-state index contributed by atoms with van der Waals surface area (Å²) in [6.45, 7) is 4.31. The molecule has 0 spiro atoms. The number of nitrogens with two attached hydrogens (primary N) is 1. The number of hydrogen-bond donors (Lipinski definition) is 3. The molecule has 1 aromatic carbocycles. The number of amides is 2. The summed E-state index contributed by atoms with van der Waals surface area (Å²) in [6.07, 6.45) is 0. The van der Waals surface area contributed by atoms with E-state index in [-0.39, 0.29) is 24.3 Å². The predicted molar refractivity (Wildman–Crippen MR) is 74.6 cm³/mol. The van der Waals surface area contributed by atoms with Gasteiger partial charge in [-0.05, 0) is 30.2 Å². The fraction of sp³-hybridized carbons (Fsp3) is 0.429. The molecule has 2 amide bonds. The third kappa shape index (κ3) is 4.97. The van der Waals surface area contributed by atoms with Gasteiger partial charge < -0.3 is 16.4 Å². The van der Waals surface area contributed by atoms with Crippen molar-refractivity contribution in [1.82, 2.24) is 10.6 Å². The minimum absolute atomic E-state index is 0.0591. The number of carbonyl (C=O) groups is 2. The second-order valence-electron chi connectivity index (χ2n) is 4.82. The molecule has 4 N–H and O–H groups in total. The van der Waals surface area contributed by atoms with E-state index in [0.29, 0.717) is 12.1 Å². The maximum absolute atomic E-state index is 12.7. The maximum Gasteiger partial charge on any atom is 0.251 e. The lowest BCUT2D eigenvalue weighted by Gasteiger charge is -2.15. The fourth-order valence-electron chi connectivity index (χ4n) is 1.49. The molecule has 6 heteroatoms. The quantitative estimate of drug-likeness (QED) is 0.670. The van der Waals surface area contributed by atoms with Crippen LogP contribution in [0.2, 0.25) is 0 Å². The molecule has 0 radical (unpaired) electrons. The summed E-state index contributed by atoms with van der Waals surface area (Å²) >= 11 is 0. The number of hydrogen-bond acceptors (Lipinski definition) is 3. The molecule has 0 aliphatic carbocycles. The van der Waals surface area contributed by atoms with Crippen LogP contribution in [-0.2, 0) is 4.79 Å². The number of carbonyl (C=O) groups excluding carboxylic acids is 2. The monoisotopic (exact) mass is 281 g/mol. The van der Waals surface area contributed by atoms with Gasteiger partial charge in [-0.25, -0.2) is 4.39 Å². The van der Waals surface area contributed by atoms with Crippen LogP contribution in [-0.4, -0.2) is 30.9 Å². The minimum atomic E-state index is -0.553. The molecule has 0 fully saturated rings. The Morgan fingerprint density at radius 2 is 1.70 bits per heavy atom. The average molecular weight is 281 g/mol. The molecule has 20 heavy (non-hydrogen) atoms. The Labute approximate surface area is 117 Å². The summed E-state index contributed by atoms with van der Waals surface area (Å²) in [5, 5.41) is 5.27. The first-order valence-electron chi connectivity index (χ1n) is 6.49. The van der Waals surface area contributed by atoms with Crippen LogP contribution in [0.15, 0.2) is 24.3 Å². The molecule has 5 nitrogen and oxygen atoms in total. The van der Waals surface area contributed by atoms with Gasteiger partial charge in [0.25, 0.3) is 5.91 Å². The van der Waals surface area contributed by atoms with Crippen LogP contribution in [0.1, 0.15) is 24.2 Å². The highest BCUT2D eigenvalue weighted by Gasteiger charge is 2.16. The number of nitrogens with one attached hydrogen (secondary N) is 2. The van der Waals surface area contributed by atoms with Crippen molar-refractivity contribution in [3.05, 3.63) is 35.6 Å². The van der Waals surface area contributed by atoms with E-state index < -0.39 is 11.9 Å². The Morgan fingerprint density at radius 1 is 1.15 bits per heavy atom. The van der Waals surface area contributed by atoms with Crippen molar-refractivity contribution in [1.29, 1.82) is 0 Å². The normalized spacial score (nSPS) is 12.1. The lowest BCUT2D eigenvalue weighted by molar-refractivity contribution is -0.123. The summed E-state index contributed by atoms with van der Waals surface area (Å²) in [4.78, 5) is 23.2. The van der Waals surface area contributed by atoms with Crippen LogP contribution in [0.3, 0.4) is 0 Å². The van der Waals surface area contributed by atoms with E-state index in [2.05, 4.69) is 10.6 Å². The van der Waals surface area contributed by atoms with Crippen molar-refractivity contribution in [2.24, 2.45) is 11.7 Å². The standard InChI is InChI=1S/C14H20FN3O2/c1-9(2)12(16)14(20)18-8-7-17-13(19)10-3-5-11(15)6-4-10/h3-6,9,12H,7-8,16H2,1-2H3,(H,17,19)(H,18,20)/t12-/m0/s1. The van der Waals surface area contributed by atoms with Gasteiger partial charge in [-0.15, -0.1) is 0 Å². The summed E-state index contributed by atoms with van der Waals surface area (Å²) < 4.78 is 12.7. The minimum Gasteiger partial charge on any atom is -0.353 e. The lowest BCUT2D eigenvalue weighted by Crippen LogP contribution is -2.46. The maximum atomic E-state index is 12.7. The van der Waals surface area contributed by atoms with Crippen molar-refractivity contribution < 1.29 is 14.0 Å². The van der Waals surface area contributed by atoms with Gasteiger partial charge in [0.2, 0.25) is 5.91 Å². The lowest BCUT2D eigenvalue weighted by atomic mass is 10.1. The third-order valence-corrected chi connectivity index (χ3v) is 2.84. The molecule has 0 bridgehead atoms. The van der Waals surface area contributed by atoms with E-state index >= 15 is 0 Å². The molecule has 1 rings (SSSR count). The molecule has 1 atom stereocenters. The number of halogens is 1. The molecule has 110 valence electrons. The highest BCUT2D eigenvalue weighted by Crippen LogP contribution is 2.02. The van der Waals surface area contributed by atoms with Crippen LogP contribution in [0.25, 0.3) is 0 Å². The average Bonchev–Trinajstić information content (AvgIpc) is 2.42. The number of benzene rings is 1. The Balaban J connectivity index is 2.29. The molecular formula is C14H20FN3O2. The molecule has 0 unspecified atom stereocenters. The summed E-state index contributed by atoms with van der Waals surface area (Å²) in [6, 6.07) is 4.69. The van der Waals surface area contributed by atoms with Crippen molar-refractivity contribution in [2.75, 3.05) is 13.1 Å². The van der Waals surface area contributed by atoms with Crippen molar-refractivity contribution in [3.8, 4) is 0 Å². The molecule has 0 aliphatic rings. The topological polar surface area (TPSA) is 84.2 Å². The largest absolute Gasteiger partial charge is 0.353 e. The van der Waals surface area contributed by atoms with E-state index in [1.54, 1.807) is 0 Å². The van der Waals surface area contributed by atoms with Gasteiger partial charge in [-0.3, -0.25) is 9.59 Å². The molecule has 0 saturated heterocycles. The van der Waals surface area contributed by atoms with Crippen molar-refractivity contribution >= 4 is 11.8 Å². The molecule has 0 aromatic heterocycles. The van der Waals surface area contributed by atoms with E-state index in [9.17, 15) is 14.0 Å². The van der Waals surface area contributed by atoms with Crippen molar-refractivity contribution in [2.45, 2.75) is 19.9 Å². The smallest absolute Gasteiger partial charge is 0.251 e. The highest BCUT2D eigenvalue weighted by molar-refractivity contribution is 5.94. The Kier molecular flexibility index (Phi) is 6.11. The van der Waals surface area contributed by atoms with Gasteiger partial charge in [0.05, 0.1) is 6.04 Å². The van der Waals surface area contributed by atoms with Crippen molar-refractivity contribution in [3.63, 3.8) is 0 Å². The SMILES string of the molecule is CC(C)[C@H](N)C(=O)NCCNC(=O)c1ccc(F)cc1. The molecule has 1 aromatic rings. The molecule has 0 saturated carbocycles. The third-order valence-electron chi connectivity index (χ3n) is 2.84. The second-order valence-corrected chi connectivity index (χ2v) is 4.82. The van der Waals surface area contributed by atoms with Crippen LogP contribution in [0, 0.1) is 11.7 Å². The summed E-state index contributed by atoms with van der Waals surface area (Å²) in [5.41, 5.74) is 6.04. The van der Waals surface area contributed by atoms with E-state index in [1.807, 2.05) is 13.8 Å². The fourth-order valence-corrected chi connectivity index (χ4v) is 1.49. The molecular weight excluding hydrogens is 261 g/mol. The zero-order valence-electron chi connectivity index (χ0n) is 11.7.